The zero-order valence-electron chi connectivity index (χ0n) is 12.6. The van der Waals surface area contributed by atoms with Crippen molar-refractivity contribution >= 4 is 5.91 Å². The summed E-state index contributed by atoms with van der Waals surface area (Å²) in [4.78, 5) is 17.5. The van der Waals surface area contributed by atoms with Crippen molar-refractivity contribution in [2.75, 3.05) is 39.3 Å². The molecular formula is C15H28N4O. The lowest BCUT2D eigenvalue weighted by Gasteiger charge is -2.43. The molecule has 0 radical (unpaired) electrons. The molecule has 114 valence electrons. The van der Waals surface area contributed by atoms with Crippen LogP contribution in [0.4, 0.5) is 0 Å². The number of carbonyl (C=O) groups is 1. The molecular weight excluding hydrogens is 252 g/mol. The molecule has 3 heterocycles. The first kappa shape index (κ1) is 14.3. The molecule has 3 aliphatic heterocycles. The van der Waals surface area contributed by atoms with Gasteiger partial charge < -0.3 is 10.6 Å². The molecule has 3 saturated heterocycles. The maximum absolute atomic E-state index is 12.3. The first-order chi connectivity index (χ1) is 9.81. The molecule has 3 atom stereocenters. The van der Waals surface area contributed by atoms with Crippen LogP contribution in [-0.4, -0.2) is 73.1 Å². The lowest BCUT2D eigenvalue weighted by molar-refractivity contribution is -0.128. The number of likely N-dealkylation sites (N-methyl/N-ethyl adjacent to an activating group) is 1. The number of nitrogens with one attached hydrogen (secondary N) is 2. The minimum atomic E-state index is 0.0237. The van der Waals surface area contributed by atoms with Gasteiger partial charge in [0.2, 0.25) is 5.91 Å². The van der Waals surface area contributed by atoms with Gasteiger partial charge in [-0.25, -0.2) is 0 Å². The number of carbonyl (C=O) groups excluding carboxylic acids is 1. The van der Waals surface area contributed by atoms with Crippen molar-refractivity contribution in [3.63, 3.8) is 0 Å². The van der Waals surface area contributed by atoms with Crippen LogP contribution in [-0.2, 0) is 4.79 Å². The van der Waals surface area contributed by atoms with E-state index in [-0.39, 0.29) is 11.9 Å². The number of hydrogen-bond donors (Lipinski definition) is 2. The molecule has 3 unspecified atom stereocenters. The van der Waals surface area contributed by atoms with E-state index in [1.165, 1.54) is 38.8 Å². The second-order valence-electron chi connectivity index (χ2n) is 6.31. The van der Waals surface area contributed by atoms with Crippen molar-refractivity contribution < 1.29 is 4.79 Å². The molecule has 1 amide bonds. The Kier molecular flexibility index (Phi) is 4.58. The van der Waals surface area contributed by atoms with E-state index < -0.39 is 0 Å². The lowest BCUT2D eigenvalue weighted by atomic mass is 9.95. The van der Waals surface area contributed by atoms with E-state index in [9.17, 15) is 4.79 Å². The number of piperidine rings is 1. The van der Waals surface area contributed by atoms with Crippen LogP contribution >= 0.6 is 0 Å². The Balaban J connectivity index is 1.71. The Labute approximate surface area is 122 Å². The number of fused-ring (bicyclic) bond motifs is 1. The normalized spacial score (nSPS) is 35.8. The van der Waals surface area contributed by atoms with Crippen molar-refractivity contribution in [1.29, 1.82) is 0 Å². The fraction of sp³-hybridized carbons (Fsp3) is 0.933. The van der Waals surface area contributed by atoms with Gasteiger partial charge in [-0.1, -0.05) is 6.42 Å². The molecule has 0 saturated carbocycles. The predicted molar refractivity (Wildman–Crippen MR) is 79.7 cm³/mol. The SMILES string of the molecule is CCNC(=O)C1CNCCN1C1CCN2CCCCC12. The van der Waals surface area contributed by atoms with E-state index in [0.29, 0.717) is 12.1 Å². The topological polar surface area (TPSA) is 47.6 Å². The second kappa shape index (κ2) is 6.41. The summed E-state index contributed by atoms with van der Waals surface area (Å²) in [6.45, 7) is 8.03. The van der Waals surface area contributed by atoms with Gasteiger partial charge in [-0.05, 0) is 32.7 Å². The molecule has 3 fully saturated rings. The van der Waals surface area contributed by atoms with Gasteiger partial charge in [-0.15, -0.1) is 0 Å². The molecule has 3 rings (SSSR count). The summed E-state index contributed by atoms with van der Waals surface area (Å²) < 4.78 is 0. The number of nitrogens with zero attached hydrogens (tertiary/aromatic N) is 2. The summed E-state index contributed by atoms with van der Waals surface area (Å²) in [5.41, 5.74) is 0. The van der Waals surface area contributed by atoms with Gasteiger partial charge >= 0.3 is 0 Å². The minimum absolute atomic E-state index is 0.0237. The first-order valence-corrected chi connectivity index (χ1v) is 8.29. The molecule has 20 heavy (non-hydrogen) atoms. The van der Waals surface area contributed by atoms with Crippen LogP contribution in [0.5, 0.6) is 0 Å². The van der Waals surface area contributed by atoms with Crippen molar-refractivity contribution in [1.82, 2.24) is 20.4 Å². The van der Waals surface area contributed by atoms with Crippen LogP contribution in [0.15, 0.2) is 0 Å². The molecule has 3 aliphatic rings. The third-order valence-electron chi connectivity index (χ3n) is 5.18. The summed E-state index contributed by atoms with van der Waals surface area (Å²) in [5.74, 6) is 0.203. The van der Waals surface area contributed by atoms with Gasteiger partial charge in [-0.2, -0.15) is 0 Å². The van der Waals surface area contributed by atoms with Gasteiger partial charge in [0.15, 0.2) is 0 Å². The van der Waals surface area contributed by atoms with E-state index >= 15 is 0 Å². The maximum Gasteiger partial charge on any atom is 0.238 e. The van der Waals surface area contributed by atoms with Crippen LogP contribution in [0, 0.1) is 0 Å². The van der Waals surface area contributed by atoms with Gasteiger partial charge in [0.05, 0.1) is 0 Å². The zero-order valence-corrected chi connectivity index (χ0v) is 12.6. The average Bonchev–Trinajstić information content (AvgIpc) is 2.91. The van der Waals surface area contributed by atoms with Crippen LogP contribution in [0.3, 0.4) is 0 Å². The zero-order chi connectivity index (χ0) is 13.9. The number of piperazine rings is 1. The highest BCUT2D eigenvalue weighted by molar-refractivity contribution is 5.82. The maximum atomic E-state index is 12.3. The summed E-state index contributed by atoms with van der Waals surface area (Å²) in [5, 5.41) is 6.39. The van der Waals surface area contributed by atoms with E-state index in [1.54, 1.807) is 0 Å². The Bertz CT molecular complexity index is 349. The van der Waals surface area contributed by atoms with E-state index in [4.69, 9.17) is 0 Å². The Hall–Kier alpha value is -0.650. The van der Waals surface area contributed by atoms with Gasteiger partial charge in [0.1, 0.15) is 6.04 Å². The van der Waals surface area contributed by atoms with E-state index in [1.807, 2.05) is 6.92 Å². The molecule has 0 aromatic heterocycles. The predicted octanol–water partition coefficient (Wildman–Crippen LogP) is 0.0231. The summed E-state index contributed by atoms with van der Waals surface area (Å²) in [7, 11) is 0. The van der Waals surface area contributed by atoms with Crippen molar-refractivity contribution in [2.45, 2.75) is 50.7 Å². The standard InChI is InChI=1S/C15H28N4O/c1-2-17-15(20)14-11-16-7-10-19(14)13-6-9-18-8-4-3-5-12(13)18/h12-14,16H,2-11H2,1H3,(H,17,20). The fourth-order valence-corrected chi connectivity index (χ4v) is 4.26. The Morgan fingerprint density at radius 1 is 1.20 bits per heavy atom. The van der Waals surface area contributed by atoms with Crippen LogP contribution in [0.2, 0.25) is 0 Å². The molecule has 5 heteroatoms. The van der Waals surface area contributed by atoms with Crippen LogP contribution in [0.1, 0.15) is 32.6 Å². The smallest absolute Gasteiger partial charge is 0.238 e. The third kappa shape index (κ3) is 2.71. The molecule has 0 spiro atoms. The van der Waals surface area contributed by atoms with Gasteiger partial charge in [0, 0.05) is 44.8 Å². The monoisotopic (exact) mass is 280 g/mol. The Morgan fingerprint density at radius 2 is 2.10 bits per heavy atom. The van der Waals surface area contributed by atoms with Crippen molar-refractivity contribution in [3.8, 4) is 0 Å². The minimum Gasteiger partial charge on any atom is -0.355 e. The molecule has 0 aromatic carbocycles. The van der Waals surface area contributed by atoms with Gasteiger partial charge in [0.25, 0.3) is 0 Å². The summed E-state index contributed by atoms with van der Waals surface area (Å²) in [6.07, 6.45) is 5.26. The van der Waals surface area contributed by atoms with E-state index in [2.05, 4.69) is 20.4 Å². The third-order valence-corrected chi connectivity index (χ3v) is 5.18. The second-order valence-corrected chi connectivity index (χ2v) is 6.31. The Morgan fingerprint density at radius 3 is 2.95 bits per heavy atom. The highest BCUT2D eigenvalue weighted by Crippen LogP contribution is 2.31. The largest absolute Gasteiger partial charge is 0.355 e. The molecule has 0 bridgehead atoms. The fourth-order valence-electron chi connectivity index (χ4n) is 4.26. The molecule has 0 aliphatic carbocycles. The van der Waals surface area contributed by atoms with Crippen LogP contribution < -0.4 is 10.6 Å². The number of rotatable bonds is 3. The highest BCUT2D eigenvalue weighted by atomic mass is 16.2. The van der Waals surface area contributed by atoms with Crippen LogP contribution in [0.25, 0.3) is 0 Å². The number of amides is 1. The van der Waals surface area contributed by atoms with Gasteiger partial charge in [-0.3, -0.25) is 14.6 Å². The highest BCUT2D eigenvalue weighted by Gasteiger charge is 2.43. The molecule has 5 nitrogen and oxygen atoms in total. The molecule has 2 N–H and O–H groups in total. The number of hydrogen-bond acceptors (Lipinski definition) is 4. The average molecular weight is 280 g/mol. The summed E-state index contributed by atoms with van der Waals surface area (Å²) >= 11 is 0. The van der Waals surface area contributed by atoms with E-state index in [0.717, 1.165) is 26.2 Å². The first-order valence-electron chi connectivity index (χ1n) is 8.29. The molecule has 0 aromatic rings. The summed E-state index contributed by atoms with van der Waals surface area (Å²) in [6, 6.07) is 1.30. The lowest BCUT2D eigenvalue weighted by Crippen LogP contribution is -2.62. The quantitative estimate of drug-likeness (QED) is 0.765. The van der Waals surface area contributed by atoms with Crippen molar-refractivity contribution in [2.24, 2.45) is 0 Å². The van der Waals surface area contributed by atoms with Crippen molar-refractivity contribution in [3.05, 3.63) is 0 Å².